The van der Waals surface area contributed by atoms with Crippen molar-refractivity contribution < 1.29 is 23.0 Å². The Balaban J connectivity index is 1.48. The molecule has 3 fully saturated rings. The van der Waals surface area contributed by atoms with Gasteiger partial charge in [-0.25, -0.2) is 13.2 Å². The third kappa shape index (κ3) is 5.98. The number of hydrogen-bond donors (Lipinski definition) is 2. The van der Waals surface area contributed by atoms with Gasteiger partial charge >= 0.3 is 6.01 Å². The van der Waals surface area contributed by atoms with Crippen molar-refractivity contribution in [3.8, 4) is 35.4 Å². The van der Waals surface area contributed by atoms with Crippen molar-refractivity contribution in [2.75, 3.05) is 45.2 Å². The molecule has 0 amide bonds. The van der Waals surface area contributed by atoms with Crippen LogP contribution in [-0.2, 0) is 6.54 Å². The Morgan fingerprint density at radius 1 is 1.15 bits per heavy atom. The predicted octanol–water partition coefficient (Wildman–Crippen LogP) is 4.75. The second-order valence-corrected chi connectivity index (χ2v) is 13.8. The zero-order chi connectivity index (χ0) is 33.2. The van der Waals surface area contributed by atoms with Gasteiger partial charge in [-0.2, -0.15) is 9.97 Å². The molecule has 9 nitrogen and oxygen atoms in total. The standard InChI is InChI=1S/C35H37F3N6O3/c1-5-24-26(36)9-6-20-12-23(45)13-25(29(20)24)28-14-27-30(32(46)44(28)17-34(2,37)38)31(43-15-21-7-8-22(16-43)39-21)41-33(40-27)47-19-35(10-11-35)18-42(3)4/h1,6,9,12-14,21-22,39,45H,7-8,10-11,15-19H2,2-4H3. The topological polar surface area (TPSA) is 95.8 Å². The van der Waals surface area contributed by atoms with Gasteiger partial charge in [-0.15, -0.1) is 6.42 Å². The molecule has 2 saturated heterocycles. The maximum atomic E-state index is 15.0. The SMILES string of the molecule is C#Cc1c(F)ccc2cc(O)cc(-c3cc4nc(OCC5(CN(C)C)CC5)nc(N5CC6CCC(C5)N6)c4c(=O)n3CC(C)(F)F)c12. The molecule has 2 aliphatic heterocycles. The lowest BCUT2D eigenvalue weighted by atomic mass is 9.95. The van der Waals surface area contributed by atoms with Crippen LogP contribution in [0.25, 0.3) is 32.9 Å². The number of anilines is 1. The highest BCUT2D eigenvalue weighted by Crippen LogP contribution is 2.46. The van der Waals surface area contributed by atoms with E-state index in [-0.39, 0.29) is 62.4 Å². The fourth-order valence-electron chi connectivity index (χ4n) is 7.31. The van der Waals surface area contributed by atoms with Gasteiger partial charge in [0.15, 0.2) is 0 Å². The minimum absolute atomic E-state index is 0.00859. The summed E-state index contributed by atoms with van der Waals surface area (Å²) in [5.41, 5.74) is -0.532. The smallest absolute Gasteiger partial charge is 0.318 e. The first-order chi connectivity index (χ1) is 22.3. The lowest BCUT2D eigenvalue weighted by Gasteiger charge is -2.34. The Labute approximate surface area is 270 Å². The largest absolute Gasteiger partial charge is 0.508 e. The molecule has 2 atom stereocenters. The van der Waals surface area contributed by atoms with Crippen LogP contribution in [0.1, 0.15) is 38.2 Å². The molecule has 1 saturated carbocycles. The van der Waals surface area contributed by atoms with Crippen molar-refractivity contribution in [3.63, 3.8) is 0 Å². The van der Waals surface area contributed by atoms with Crippen LogP contribution >= 0.6 is 0 Å². The summed E-state index contributed by atoms with van der Waals surface area (Å²) in [5.74, 6) is -1.51. The molecule has 1 aliphatic carbocycles. The van der Waals surface area contributed by atoms with Crippen LogP contribution in [0.5, 0.6) is 11.8 Å². The van der Waals surface area contributed by atoms with Crippen LogP contribution < -0.4 is 20.5 Å². The minimum atomic E-state index is -3.30. The molecule has 0 spiro atoms. The summed E-state index contributed by atoms with van der Waals surface area (Å²) in [6, 6.07) is 7.35. The molecule has 2 bridgehead atoms. The normalized spacial score (nSPS) is 20.3. The second-order valence-electron chi connectivity index (χ2n) is 13.8. The molecule has 2 aromatic carbocycles. The number of rotatable bonds is 9. The van der Waals surface area contributed by atoms with Crippen molar-refractivity contribution in [1.82, 2.24) is 24.8 Å². The first-order valence-electron chi connectivity index (χ1n) is 15.9. The first-order valence-corrected chi connectivity index (χ1v) is 15.9. The van der Waals surface area contributed by atoms with Gasteiger partial charge in [0.2, 0.25) is 0 Å². The van der Waals surface area contributed by atoms with Crippen molar-refractivity contribution in [1.29, 1.82) is 0 Å². The number of hydrogen-bond acceptors (Lipinski definition) is 8. The van der Waals surface area contributed by atoms with Crippen LogP contribution in [0.15, 0.2) is 35.1 Å². The zero-order valence-corrected chi connectivity index (χ0v) is 26.6. The number of benzene rings is 2. The third-order valence-electron chi connectivity index (χ3n) is 9.46. The number of ether oxygens (including phenoxy) is 1. The number of aromatic nitrogens is 3. The summed E-state index contributed by atoms with van der Waals surface area (Å²) in [5, 5.41) is 15.0. The van der Waals surface area contributed by atoms with Gasteiger partial charge in [-0.1, -0.05) is 12.0 Å². The predicted molar refractivity (Wildman–Crippen MR) is 175 cm³/mol. The van der Waals surface area contributed by atoms with E-state index in [1.54, 1.807) is 0 Å². The molecule has 2 aromatic heterocycles. The van der Waals surface area contributed by atoms with E-state index in [9.17, 15) is 18.7 Å². The number of terminal acetylenes is 1. The minimum Gasteiger partial charge on any atom is -0.508 e. The third-order valence-corrected chi connectivity index (χ3v) is 9.46. The Morgan fingerprint density at radius 2 is 1.87 bits per heavy atom. The summed E-state index contributed by atoms with van der Waals surface area (Å²) in [4.78, 5) is 28.1. The fraction of sp³-hybridized carbons (Fsp3) is 0.457. The van der Waals surface area contributed by atoms with Crippen molar-refractivity contribution in [3.05, 3.63) is 52.1 Å². The molecule has 3 aliphatic rings. The number of phenols is 1. The number of halogens is 3. The molecular weight excluding hydrogens is 609 g/mol. The molecule has 12 heteroatoms. The van der Waals surface area contributed by atoms with Crippen LogP contribution in [0.4, 0.5) is 19.0 Å². The van der Waals surface area contributed by atoms with Crippen LogP contribution in [-0.4, -0.2) is 82.9 Å². The summed E-state index contributed by atoms with van der Waals surface area (Å²) in [7, 11) is 4.02. The summed E-state index contributed by atoms with van der Waals surface area (Å²) >= 11 is 0. The number of alkyl halides is 2. The van der Waals surface area contributed by atoms with Crippen LogP contribution in [0.2, 0.25) is 0 Å². The quantitative estimate of drug-likeness (QED) is 0.252. The van der Waals surface area contributed by atoms with Crippen molar-refractivity contribution in [2.24, 2.45) is 5.41 Å². The molecule has 47 heavy (non-hydrogen) atoms. The Morgan fingerprint density at radius 3 is 2.51 bits per heavy atom. The van der Waals surface area contributed by atoms with Gasteiger partial charge in [0.05, 0.1) is 29.9 Å². The second kappa shape index (κ2) is 11.4. The molecule has 7 rings (SSSR count). The molecule has 4 heterocycles. The number of nitrogens with one attached hydrogen (secondary N) is 1. The van der Waals surface area contributed by atoms with Gasteiger partial charge in [-0.3, -0.25) is 4.79 Å². The molecular formula is C35H37F3N6O3. The molecule has 2 N–H and O–H groups in total. The molecule has 0 radical (unpaired) electrons. The Hall–Kier alpha value is -4.34. The van der Waals surface area contributed by atoms with E-state index in [0.29, 0.717) is 30.9 Å². The van der Waals surface area contributed by atoms with Gasteiger partial charge in [0.1, 0.15) is 22.8 Å². The zero-order valence-electron chi connectivity index (χ0n) is 26.6. The maximum Gasteiger partial charge on any atom is 0.318 e. The first kappa shape index (κ1) is 31.3. The Kier molecular flexibility index (Phi) is 7.60. The number of phenolic OH excluding ortho intramolecular Hbond substituents is 1. The Bertz CT molecular complexity index is 1980. The van der Waals surface area contributed by atoms with Crippen molar-refractivity contribution >= 4 is 27.5 Å². The van der Waals surface area contributed by atoms with E-state index >= 15 is 4.39 Å². The molecule has 2 unspecified atom stereocenters. The fourth-order valence-corrected chi connectivity index (χ4v) is 7.31. The monoisotopic (exact) mass is 646 g/mol. The molecule has 4 aromatic rings. The van der Waals surface area contributed by atoms with Gasteiger partial charge in [0.25, 0.3) is 11.5 Å². The van der Waals surface area contributed by atoms with E-state index in [0.717, 1.165) is 43.7 Å². The average molecular weight is 647 g/mol. The number of fused-ring (bicyclic) bond motifs is 4. The number of piperazine rings is 1. The van der Waals surface area contributed by atoms with E-state index in [4.69, 9.17) is 16.1 Å². The molecule has 246 valence electrons. The number of aromatic hydroxyl groups is 1. The lowest BCUT2D eigenvalue weighted by Crippen LogP contribution is -2.51. The van der Waals surface area contributed by atoms with E-state index in [1.165, 1.54) is 30.3 Å². The number of pyridine rings is 1. The summed E-state index contributed by atoms with van der Waals surface area (Å²) in [6.07, 6.45) is 9.70. The summed E-state index contributed by atoms with van der Waals surface area (Å²) < 4.78 is 51.9. The van der Waals surface area contributed by atoms with Gasteiger partial charge < -0.3 is 29.5 Å². The maximum absolute atomic E-state index is 15.0. The van der Waals surface area contributed by atoms with Crippen molar-refractivity contribution in [2.45, 2.75) is 57.2 Å². The van der Waals surface area contributed by atoms with E-state index < -0.39 is 23.8 Å². The van der Waals surface area contributed by atoms with Gasteiger partial charge in [0, 0.05) is 55.0 Å². The van der Waals surface area contributed by atoms with Gasteiger partial charge in [-0.05, 0) is 69.4 Å². The highest BCUT2D eigenvalue weighted by molar-refractivity contribution is 6.03. The number of nitrogens with zero attached hydrogens (tertiary/aromatic N) is 5. The van der Waals surface area contributed by atoms with Crippen LogP contribution in [0.3, 0.4) is 0 Å². The highest BCUT2D eigenvalue weighted by atomic mass is 19.3. The van der Waals surface area contributed by atoms with Crippen LogP contribution in [0, 0.1) is 23.6 Å². The summed E-state index contributed by atoms with van der Waals surface area (Å²) in [6.45, 7) is 2.14. The van der Waals surface area contributed by atoms with E-state index in [1.807, 2.05) is 19.0 Å². The highest BCUT2D eigenvalue weighted by Gasteiger charge is 2.44. The van der Waals surface area contributed by atoms with E-state index in [2.05, 4.69) is 21.1 Å². The average Bonchev–Trinajstić information content (AvgIpc) is 3.68. The lowest BCUT2D eigenvalue weighted by molar-refractivity contribution is 0.00355.